The summed E-state index contributed by atoms with van der Waals surface area (Å²) in [5.41, 5.74) is 1.36. The topological polar surface area (TPSA) is 113 Å². The lowest BCUT2D eigenvalue weighted by Crippen LogP contribution is -2.09. The van der Waals surface area contributed by atoms with Crippen molar-refractivity contribution >= 4 is 5.69 Å². The summed E-state index contributed by atoms with van der Waals surface area (Å²) in [6.45, 7) is 5.54. The number of hydrogen-bond acceptors (Lipinski definition) is 6. The van der Waals surface area contributed by atoms with Crippen LogP contribution in [0.1, 0.15) is 58.7 Å². The minimum absolute atomic E-state index is 0.0628. The molecular formula is C31H28F3NO6. The molecule has 4 aromatic carbocycles. The standard InChI is InChI=1S/C31H28F3NO6/c1-17(2)24-16-27(41-23-9-10-26(35(39)40)25(15-23)31(32,33)34)18(3)11-20(24)13-22-14-21(28(36)30(38)29(22)37)12-19-7-5-4-6-8-19/h4-11,14-17,36-38H,12-13H2,1-3H3. The summed E-state index contributed by atoms with van der Waals surface area (Å²) in [7, 11) is 0. The van der Waals surface area contributed by atoms with Crippen molar-refractivity contribution in [2.45, 2.75) is 45.7 Å². The first-order valence-corrected chi connectivity index (χ1v) is 12.7. The highest BCUT2D eigenvalue weighted by molar-refractivity contribution is 5.60. The molecule has 0 saturated carbocycles. The van der Waals surface area contributed by atoms with Crippen LogP contribution in [0.2, 0.25) is 0 Å². The van der Waals surface area contributed by atoms with E-state index in [9.17, 15) is 38.6 Å². The van der Waals surface area contributed by atoms with Crippen LogP contribution in [-0.4, -0.2) is 20.2 Å². The Morgan fingerprint density at radius 2 is 1.49 bits per heavy atom. The zero-order valence-electron chi connectivity index (χ0n) is 22.5. The highest BCUT2D eigenvalue weighted by atomic mass is 19.4. The van der Waals surface area contributed by atoms with Crippen molar-refractivity contribution in [3.8, 4) is 28.7 Å². The molecule has 0 aliphatic carbocycles. The number of ether oxygens (including phenoxy) is 1. The van der Waals surface area contributed by atoms with E-state index in [-0.39, 0.29) is 23.8 Å². The Kier molecular flexibility index (Phi) is 8.14. The van der Waals surface area contributed by atoms with E-state index in [1.807, 2.05) is 44.2 Å². The maximum atomic E-state index is 13.5. The predicted octanol–water partition coefficient (Wildman–Crippen LogP) is 8.14. The molecule has 0 spiro atoms. The molecule has 214 valence electrons. The molecule has 0 unspecified atom stereocenters. The fourth-order valence-electron chi connectivity index (χ4n) is 4.71. The van der Waals surface area contributed by atoms with Crippen molar-refractivity contribution in [2.24, 2.45) is 0 Å². The number of hydrogen-bond donors (Lipinski definition) is 3. The zero-order valence-corrected chi connectivity index (χ0v) is 22.5. The van der Waals surface area contributed by atoms with E-state index in [1.165, 1.54) is 0 Å². The molecule has 0 bridgehead atoms. The number of phenols is 3. The van der Waals surface area contributed by atoms with Gasteiger partial charge in [0.05, 0.1) is 4.92 Å². The molecule has 41 heavy (non-hydrogen) atoms. The first kappa shape index (κ1) is 29.3. The number of alkyl halides is 3. The molecule has 3 N–H and O–H groups in total. The largest absolute Gasteiger partial charge is 0.504 e. The molecule has 0 heterocycles. The van der Waals surface area contributed by atoms with Gasteiger partial charge in [-0.2, -0.15) is 13.2 Å². The van der Waals surface area contributed by atoms with Crippen molar-refractivity contribution in [1.82, 2.24) is 0 Å². The average Bonchev–Trinajstić information content (AvgIpc) is 2.91. The van der Waals surface area contributed by atoms with Gasteiger partial charge in [0, 0.05) is 30.0 Å². The molecule has 4 aromatic rings. The molecule has 0 atom stereocenters. The molecule has 0 saturated heterocycles. The smallest absolute Gasteiger partial charge is 0.423 e. The number of aromatic hydroxyl groups is 3. The molecule has 0 radical (unpaired) electrons. The van der Waals surface area contributed by atoms with E-state index >= 15 is 0 Å². The van der Waals surface area contributed by atoms with Crippen LogP contribution in [-0.2, 0) is 19.0 Å². The second-order valence-corrected chi connectivity index (χ2v) is 10.1. The molecule has 0 aliphatic rings. The van der Waals surface area contributed by atoms with Gasteiger partial charge < -0.3 is 20.1 Å². The fraction of sp³-hybridized carbons (Fsp3) is 0.226. The van der Waals surface area contributed by atoms with Crippen molar-refractivity contribution < 1.29 is 38.2 Å². The molecule has 0 fully saturated rings. The summed E-state index contributed by atoms with van der Waals surface area (Å²) in [5, 5.41) is 42.7. The Balaban J connectivity index is 1.71. The average molecular weight is 568 g/mol. The lowest BCUT2D eigenvalue weighted by molar-refractivity contribution is -0.388. The zero-order chi connectivity index (χ0) is 30.1. The van der Waals surface area contributed by atoms with Gasteiger partial charge in [-0.05, 0) is 59.4 Å². The third kappa shape index (κ3) is 6.37. The monoisotopic (exact) mass is 567 g/mol. The number of halogens is 3. The van der Waals surface area contributed by atoms with Gasteiger partial charge in [0.15, 0.2) is 11.5 Å². The predicted molar refractivity (Wildman–Crippen MR) is 147 cm³/mol. The summed E-state index contributed by atoms with van der Waals surface area (Å²) in [6, 6.07) is 16.9. The van der Waals surface area contributed by atoms with Crippen LogP contribution in [0.4, 0.5) is 18.9 Å². The minimum Gasteiger partial charge on any atom is -0.504 e. The van der Waals surface area contributed by atoms with E-state index < -0.39 is 39.6 Å². The second-order valence-electron chi connectivity index (χ2n) is 10.1. The second kappa shape index (κ2) is 11.4. The normalized spacial score (nSPS) is 11.6. The fourth-order valence-corrected chi connectivity index (χ4v) is 4.71. The Morgan fingerprint density at radius 3 is 2.07 bits per heavy atom. The first-order chi connectivity index (χ1) is 19.3. The molecular weight excluding hydrogens is 539 g/mol. The highest BCUT2D eigenvalue weighted by Gasteiger charge is 2.38. The van der Waals surface area contributed by atoms with Crippen molar-refractivity contribution in [1.29, 1.82) is 0 Å². The van der Waals surface area contributed by atoms with Gasteiger partial charge >= 0.3 is 6.18 Å². The lowest BCUT2D eigenvalue weighted by Gasteiger charge is -2.19. The van der Waals surface area contributed by atoms with Crippen LogP contribution in [0.15, 0.2) is 66.7 Å². The molecule has 0 aromatic heterocycles. The summed E-state index contributed by atoms with van der Waals surface area (Å²) in [6.07, 6.45) is -4.43. The van der Waals surface area contributed by atoms with Gasteiger partial charge in [0.1, 0.15) is 17.1 Å². The number of phenolic OH excluding ortho intramolecular Hbond substituents is 3. The molecule has 4 rings (SSSR count). The highest BCUT2D eigenvalue weighted by Crippen LogP contribution is 2.44. The van der Waals surface area contributed by atoms with E-state index in [0.717, 1.165) is 28.8 Å². The van der Waals surface area contributed by atoms with Crippen molar-refractivity contribution in [3.05, 3.63) is 116 Å². The Labute approximate surface area is 234 Å². The number of nitro groups is 1. The van der Waals surface area contributed by atoms with Crippen molar-refractivity contribution in [2.75, 3.05) is 0 Å². The SMILES string of the molecule is Cc1cc(Cc2cc(Cc3ccccc3)c(O)c(O)c2O)c(C(C)C)cc1Oc1ccc([N+](=O)[O-])c(C(F)(F)F)c1. The van der Waals surface area contributed by atoms with Gasteiger partial charge in [-0.25, -0.2) is 0 Å². The number of nitrogens with zero attached hydrogens (tertiary/aromatic N) is 1. The molecule has 0 aliphatic heterocycles. The Morgan fingerprint density at radius 1 is 0.854 bits per heavy atom. The molecule has 10 heteroatoms. The van der Waals surface area contributed by atoms with Crippen LogP contribution < -0.4 is 4.74 Å². The summed E-state index contributed by atoms with van der Waals surface area (Å²) >= 11 is 0. The Bertz CT molecular complexity index is 1600. The van der Waals surface area contributed by atoms with E-state index in [1.54, 1.807) is 25.1 Å². The van der Waals surface area contributed by atoms with Crippen molar-refractivity contribution in [3.63, 3.8) is 0 Å². The van der Waals surface area contributed by atoms with Gasteiger partial charge in [0.25, 0.3) is 5.69 Å². The third-order valence-electron chi connectivity index (χ3n) is 6.78. The van der Waals surface area contributed by atoms with E-state index in [0.29, 0.717) is 29.2 Å². The third-order valence-corrected chi connectivity index (χ3v) is 6.78. The van der Waals surface area contributed by atoms with E-state index in [4.69, 9.17) is 4.74 Å². The summed E-state index contributed by atoms with van der Waals surface area (Å²) in [4.78, 5) is 10.0. The van der Waals surface area contributed by atoms with Gasteiger partial charge in [-0.15, -0.1) is 0 Å². The van der Waals surface area contributed by atoms with Crippen LogP contribution in [0.5, 0.6) is 28.7 Å². The van der Waals surface area contributed by atoms with Crippen LogP contribution in [0.25, 0.3) is 0 Å². The minimum atomic E-state index is -4.94. The van der Waals surface area contributed by atoms with Crippen LogP contribution >= 0.6 is 0 Å². The van der Waals surface area contributed by atoms with Crippen LogP contribution in [0, 0.1) is 17.0 Å². The van der Waals surface area contributed by atoms with Gasteiger partial charge in [-0.3, -0.25) is 10.1 Å². The van der Waals surface area contributed by atoms with Gasteiger partial charge in [-0.1, -0.05) is 50.2 Å². The van der Waals surface area contributed by atoms with E-state index in [2.05, 4.69) is 0 Å². The maximum absolute atomic E-state index is 13.5. The summed E-state index contributed by atoms with van der Waals surface area (Å²) in [5.74, 6) is -1.47. The molecule has 0 amide bonds. The maximum Gasteiger partial charge on any atom is 0.423 e. The summed E-state index contributed by atoms with van der Waals surface area (Å²) < 4.78 is 46.2. The number of benzene rings is 4. The first-order valence-electron chi connectivity index (χ1n) is 12.7. The number of rotatable bonds is 8. The quantitative estimate of drug-likeness (QED) is 0.113. The van der Waals surface area contributed by atoms with Crippen LogP contribution in [0.3, 0.4) is 0 Å². The number of aryl methyl sites for hydroxylation is 1. The Hall–Kier alpha value is -4.73. The van der Waals surface area contributed by atoms with Gasteiger partial charge in [0.2, 0.25) is 5.75 Å². The lowest BCUT2D eigenvalue weighted by atomic mass is 9.89. The number of nitro benzene ring substituents is 1. The molecule has 7 nitrogen and oxygen atoms in total.